The maximum absolute atomic E-state index is 10.5. The zero-order chi connectivity index (χ0) is 7.98. The highest BCUT2D eigenvalue weighted by molar-refractivity contribution is 5.87. The molecule has 0 bridgehead atoms. The van der Waals surface area contributed by atoms with E-state index < -0.39 is 0 Å². The second kappa shape index (κ2) is 5.03. The van der Waals surface area contributed by atoms with Crippen LogP contribution < -0.4 is 0 Å². The van der Waals surface area contributed by atoms with Crippen molar-refractivity contribution in [1.82, 2.24) is 4.90 Å². The lowest BCUT2D eigenvalue weighted by Crippen LogP contribution is -2.15. The summed E-state index contributed by atoms with van der Waals surface area (Å²) in [5, 5.41) is 0. The van der Waals surface area contributed by atoms with Crippen LogP contribution in [-0.2, 0) is 4.79 Å². The summed E-state index contributed by atoms with van der Waals surface area (Å²) in [6.07, 6.45) is 3.43. The van der Waals surface area contributed by atoms with Crippen molar-refractivity contribution in [3.05, 3.63) is 12.3 Å². The maximum atomic E-state index is 10.5. The van der Waals surface area contributed by atoms with E-state index in [1.165, 1.54) is 0 Å². The molecule has 0 aromatic carbocycles. The van der Waals surface area contributed by atoms with Gasteiger partial charge in [-0.25, -0.2) is 0 Å². The average molecular weight is 141 g/mol. The van der Waals surface area contributed by atoms with Crippen molar-refractivity contribution in [3.63, 3.8) is 0 Å². The Bertz CT molecular complexity index is 125. The van der Waals surface area contributed by atoms with E-state index in [0.29, 0.717) is 0 Å². The molecule has 0 aromatic heterocycles. The van der Waals surface area contributed by atoms with E-state index in [-0.39, 0.29) is 5.78 Å². The second-order valence-electron chi connectivity index (χ2n) is 2.15. The predicted octanol–water partition coefficient (Wildman–Crippen LogP) is 1.43. The summed E-state index contributed by atoms with van der Waals surface area (Å²) in [7, 11) is 0. The van der Waals surface area contributed by atoms with Gasteiger partial charge in [0.2, 0.25) is 0 Å². The third-order valence-electron chi connectivity index (χ3n) is 1.33. The highest BCUT2D eigenvalue weighted by atomic mass is 16.1. The highest BCUT2D eigenvalue weighted by Gasteiger charge is 1.89. The van der Waals surface area contributed by atoms with E-state index in [1.807, 2.05) is 6.20 Å². The first-order valence-electron chi connectivity index (χ1n) is 3.63. The zero-order valence-corrected chi connectivity index (χ0v) is 6.92. The van der Waals surface area contributed by atoms with Gasteiger partial charge in [0, 0.05) is 19.3 Å². The van der Waals surface area contributed by atoms with Crippen molar-refractivity contribution in [1.29, 1.82) is 0 Å². The Morgan fingerprint density at radius 2 is 1.90 bits per heavy atom. The Labute approximate surface area is 62.5 Å². The summed E-state index contributed by atoms with van der Waals surface area (Å²) in [6, 6.07) is 0. The first-order valence-corrected chi connectivity index (χ1v) is 3.63. The van der Waals surface area contributed by atoms with Gasteiger partial charge in [-0.1, -0.05) is 0 Å². The van der Waals surface area contributed by atoms with E-state index in [9.17, 15) is 4.79 Å². The summed E-state index contributed by atoms with van der Waals surface area (Å²) in [4.78, 5) is 12.5. The van der Waals surface area contributed by atoms with E-state index in [4.69, 9.17) is 0 Å². The molecule has 0 N–H and O–H groups in total. The number of carbonyl (C=O) groups excluding carboxylic acids is 1. The van der Waals surface area contributed by atoms with Crippen LogP contribution in [0.1, 0.15) is 20.8 Å². The van der Waals surface area contributed by atoms with Crippen LogP contribution in [0.2, 0.25) is 0 Å². The Kier molecular flexibility index (Phi) is 4.63. The second-order valence-corrected chi connectivity index (χ2v) is 2.15. The molecule has 0 amide bonds. The molecular weight excluding hydrogens is 126 g/mol. The molecule has 2 heteroatoms. The molecule has 0 fully saturated rings. The molecule has 0 aliphatic heterocycles. The number of carbonyl (C=O) groups is 1. The normalized spacial score (nSPS) is 10.3. The van der Waals surface area contributed by atoms with Gasteiger partial charge in [-0.3, -0.25) is 4.79 Å². The van der Waals surface area contributed by atoms with Crippen LogP contribution in [-0.4, -0.2) is 23.8 Å². The van der Waals surface area contributed by atoms with Crippen molar-refractivity contribution in [3.8, 4) is 0 Å². The minimum absolute atomic E-state index is 0.104. The van der Waals surface area contributed by atoms with Crippen LogP contribution >= 0.6 is 0 Å². The van der Waals surface area contributed by atoms with Gasteiger partial charge < -0.3 is 4.90 Å². The van der Waals surface area contributed by atoms with Gasteiger partial charge in [0.1, 0.15) is 0 Å². The van der Waals surface area contributed by atoms with Crippen molar-refractivity contribution in [2.75, 3.05) is 13.1 Å². The molecule has 58 valence electrons. The van der Waals surface area contributed by atoms with Crippen molar-refractivity contribution in [2.45, 2.75) is 20.8 Å². The molecule has 0 aliphatic carbocycles. The number of allylic oxidation sites excluding steroid dienone is 1. The Hall–Kier alpha value is -0.790. The summed E-state index contributed by atoms with van der Waals surface area (Å²) in [6.45, 7) is 7.60. The van der Waals surface area contributed by atoms with Gasteiger partial charge in [0.05, 0.1) is 0 Å². The zero-order valence-electron chi connectivity index (χ0n) is 6.92. The van der Waals surface area contributed by atoms with E-state index in [1.54, 1.807) is 13.0 Å². The fraction of sp³-hybridized carbons (Fsp3) is 0.625. The number of nitrogens with zero attached hydrogens (tertiary/aromatic N) is 1. The Morgan fingerprint density at radius 3 is 2.20 bits per heavy atom. The molecule has 0 heterocycles. The Balaban J connectivity index is 3.72. The van der Waals surface area contributed by atoms with E-state index in [0.717, 1.165) is 13.1 Å². The molecular formula is C8H15NO. The standard InChI is InChI=1S/C8H15NO/c1-4-9(5-2)7-6-8(3)10/h6-7H,4-5H2,1-3H3. The number of hydrogen-bond acceptors (Lipinski definition) is 2. The summed E-state index contributed by atoms with van der Waals surface area (Å²) < 4.78 is 0. The van der Waals surface area contributed by atoms with Gasteiger partial charge in [-0.2, -0.15) is 0 Å². The third kappa shape index (κ3) is 4.13. The van der Waals surface area contributed by atoms with Crippen LogP contribution in [0.5, 0.6) is 0 Å². The van der Waals surface area contributed by atoms with Gasteiger partial charge in [0.25, 0.3) is 0 Å². The maximum Gasteiger partial charge on any atom is 0.154 e. The van der Waals surface area contributed by atoms with Gasteiger partial charge in [-0.05, 0) is 26.8 Å². The molecule has 0 aliphatic rings. The topological polar surface area (TPSA) is 20.3 Å². The van der Waals surface area contributed by atoms with Crippen molar-refractivity contribution < 1.29 is 4.79 Å². The SMILES string of the molecule is CCN(C=CC(C)=O)CC. The average Bonchev–Trinajstić information content (AvgIpc) is 1.90. The van der Waals surface area contributed by atoms with Crippen LogP contribution in [0, 0.1) is 0 Å². The van der Waals surface area contributed by atoms with Gasteiger partial charge >= 0.3 is 0 Å². The summed E-state index contributed by atoms with van der Waals surface area (Å²) in [5.41, 5.74) is 0. The van der Waals surface area contributed by atoms with Gasteiger partial charge in [-0.15, -0.1) is 0 Å². The summed E-state index contributed by atoms with van der Waals surface area (Å²) >= 11 is 0. The minimum atomic E-state index is 0.104. The third-order valence-corrected chi connectivity index (χ3v) is 1.33. The number of rotatable bonds is 4. The molecule has 2 nitrogen and oxygen atoms in total. The Morgan fingerprint density at radius 1 is 1.40 bits per heavy atom. The van der Waals surface area contributed by atoms with Crippen LogP contribution in [0.4, 0.5) is 0 Å². The molecule has 0 atom stereocenters. The lowest BCUT2D eigenvalue weighted by molar-refractivity contribution is -0.112. The molecule has 0 aromatic rings. The minimum Gasteiger partial charge on any atom is -0.378 e. The fourth-order valence-electron chi connectivity index (χ4n) is 0.645. The quantitative estimate of drug-likeness (QED) is 0.552. The monoisotopic (exact) mass is 141 g/mol. The first kappa shape index (κ1) is 9.21. The smallest absolute Gasteiger partial charge is 0.154 e. The molecule has 0 saturated carbocycles. The number of hydrogen-bond donors (Lipinski definition) is 0. The molecule has 10 heavy (non-hydrogen) atoms. The van der Waals surface area contributed by atoms with Crippen LogP contribution in [0.15, 0.2) is 12.3 Å². The largest absolute Gasteiger partial charge is 0.378 e. The molecule has 0 spiro atoms. The first-order chi connectivity index (χ1) is 4.70. The molecule has 0 radical (unpaired) electrons. The fourth-order valence-corrected chi connectivity index (χ4v) is 0.645. The van der Waals surface area contributed by atoms with Crippen LogP contribution in [0.3, 0.4) is 0 Å². The lowest BCUT2D eigenvalue weighted by Gasteiger charge is -2.13. The van der Waals surface area contributed by atoms with E-state index in [2.05, 4.69) is 18.7 Å². The van der Waals surface area contributed by atoms with E-state index >= 15 is 0 Å². The van der Waals surface area contributed by atoms with Gasteiger partial charge in [0.15, 0.2) is 5.78 Å². The molecule has 0 rings (SSSR count). The van der Waals surface area contributed by atoms with Crippen molar-refractivity contribution >= 4 is 5.78 Å². The predicted molar refractivity (Wildman–Crippen MR) is 42.7 cm³/mol. The number of ketones is 1. The summed E-state index contributed by atoms with van der Waals surface area (Å²) in [5.74, 6) is 0.104. The highest BCUT2D eigenvalue weighted by Crippen LogP contribution is 1.87. The lowest BCUT2D eigenvalue weighted by atomic mass is 10.4. The molecule has 0 saturated heterocycles. The van der Waals surface area contributed by atoms with Crippen molar-refractivity contribution in [2.24, 2.45) is 0 Å². The molecule has 0 unspecified atom stereocenters. The van der Waals surface area contributed by atoms with Crippen LogP contribution in [0.25, 0.3) is 0 Å².